The van der Waals surface area contributed by atoms with Gasteiger partial charge in [-0.05, 0) is 43.1 Å². The summed E-state index contributed by atoms with van der Waals surface area (Å²) in [5.74, 6) is 0.892. The summed E-state index contributed by atoms with van der Waals surface area (Å²) in [6.45, 7) is 2.31. The van der Waals surface area contributed by atoms with Crippen molar-refractivity contribution >= 4 is 6.03 Å². The van der Waals surface area contributed by atoms with Gasteiger partial charge in [-0.1, -0.05) is 62.4 Å². The number of aliphatic hydroxyl groups excluding tert-OH is 1. The Bertz CT molecular complexity index is 532. The molecule has 2 aliphatic rings. The fourth-order valence-electron chi connectivity index (χ4n) is 4.43. The van der Waals surface area contributed by atoms with Crippen molar-refractivity contribution in [1.82, 2.24) is 10.2 Å². The number of rotatable bonds is 4. The number of likely N-dealkylation sites (tertiary alicyclic amines) is 1. The zero-order valence-corrected chi connectivity index (χ0v) is 15.9. The van der Waals surface area contributed by atoms with Crippen molar-refractivity contribution in [2.45, 2.75) is 63.9 Å². The summed E-state index contributed by atoms with van der Waals surface area (Å²) in [6, 6.07) is 9.96. The van der Waals surface area contributed by atoms with Crippen LogP contribution < -0.4 is 5.32 Å². The van der Waals surface area contributed by atoms with E-state index in [1.54, 1.807) is 0 Å². The second-order valence-electron chi connectivity index (χ2n) is 8.08. The number of hydrogen-bond donors (Lipinski definition) is 2. The maximum Gasteiger partial charge on any atom is 0.317 e. The maximum atomic E-state index is 12.5. The Balaban J connectivity index is 1.40. The van der Waals surface area contributed by atoms with Crippen LogP contribution in [0.15, 0.2) is 30.3 Å². The molecule has 2 N–H and O–H groups in total. The van der Waals surface area contributed by atoms with E-state index in [1.165, 1.54) is 44.9 Å². The molecule has 0 spiro atoms. The molecule has 1 atom stereocenters. The van der Waals surface area contributed by atoms with Crippen LogP contribution >= 0.6 is 0 Å². The SMILES string of the molecule is O=C(NCC1CCCCCCC1)N1CCC(C(O)c2ccccc2)CC1. The first kappa shape index (κ1) is 19.2. The van der Waals surface area contributed by atoms with Crippen molar-refractivity contribution in [1.29, 1.82) is 0 Å². The summed E-state index contributed by atoms with van der Waals surface area (Å²) in [5.41, 5.74) is 0.986. The van der Waals surface area contributed by atoms with E-state index in [9.17, 15) is 9.90 Å². The van der Waals surface area contributed by atoms with Gasteiger partial charge in [0.05, 0.1) is 6.10 Å². The average Bonchev–Trinajstić information content (AvgIpc) is 2.67. The third kappa shape index (κ3) is 5.47. The molecule has 0 aromatic heterocycles. The molecule has 4 nitrogen and oxygen atoms in total. The monoisotopic (exact) mass is 358 g/mol. The molecule has 26 heavy (non-hydrogen) atoms. The lowest BCUT2D eigenvalue weighted by molar-refractivity contribution is 0.0663. The van der Waals surface area contributed by atoms with Gasteiger partial charge in [-0.3, -0.25) is 0 Å². The fourth-order valence-corrected chi connectivity index (χ4v) is 4.43. The molecule has 144 valence electrons. The highest BCUT2D eigenvalue weighted by atomic mass is 16.3. The molecule has 1 aliphatic carbocycles. The standard InChI is InChI=1S/C22H34N2O2/c25-21(19-11-7-4-8-12-19)20-13-15-24(16-14-20)22(26)23-17-18-9-5-2-1-3-6-10-18/h4,7-8,11-12,18,20-21,25H,1-3,5-6,9-10,13-17H2,(H,23,26). The van der Waals surface area contributed by atoms with Gasteiger partial charge in [0.1, 0.15) is 0 Å². The number of benzene rings is 1. The molecule has 1 unspecified atom stereocenters. The molecule has 1 aromatic rings. The lowest BCUT2D eigenvalue weighted by Crippen LogP contribution is -2.46. The Morgan fingerprint density at radius 3 is 2.27 bits per heavy atom. The smallest absolute Gasteiger partial charge is 0.317 e. The Kier molecular flexibility index (Phi) is 7.36. The second-order valence-corrected chi connectivity index (χ2v) is 8.08. The Labute approximate surface area is 158 Å². The van der Waals surface area contributed by atoms with Crippen molar-refractivity contribution in [3.05, 3.63) is 35.9 Å². The zero-order valence-electron chi connectivity index (χ0n) is 15.9. The molecule has 0 bridgehead atoms. The molecule has 1 heterocycles. The summed E-state index contributed by atoms with van der Waals surface area (Å²) in [5, 5.41) is 13.7. The molecule has 1 aliphatic heterocycles. The quantitative estimate of drug-likeness (QED) is 0.832. The number of carbonyl (C=O) groups is 1. The number of piperidine rings is 1. The molecule has 1 saturated heterocycles. The van der Waals surface area contributed by atoms with Gasteiger partial charge >= 0.3 is 6.03 Å². The molecule has 3 rings (SSSR count). The number of nitrogens with one attached hydrogen (secondary N) is 1. The largest absolute Gasteiger partial charge is 0.388 e. The molecule has 4 heteroatoms. The van der Waals surface area contributed by atoms with E-state index in [2.05, 4.69) is 5.32 Å². The van der Waals surface area contributed by atoms with Gasteiger partial charge in [0.25, 0.3) is 0 Å². The number of hydrogen-bond acceptors (Lipinski definition) is 2. The fraction of sp³-hybridized carbons (Fsp3) is 0.682. The second kappa shape index (κ2) is 9.96. The third-order valence-corrected chi connectivity index (χ3v) is 6.18. The normalized spacial score (nSPS) is 21.7. The minimum absolute atomic E-state index is 0.0831. The van der Waals surface area contributed by atoms with Crippen molar-refractivity contribution in [3.63, 3.8) is 0 Å². The van der Waals surface area contributed by atoms with Crippen LogP contribution in [0.5, 0.6) is 0 Å². The summed E-state index contributed by atoms with van der Waals surface area (Å²) in [4.78, 5) is 14.4. The van der Waals surface area contributed by atoms with Gasteiger partial charge in [-0.25, -0.2) is 4.79 Å². The third-order valence-electron chi connectivity index (χ3n) is 6.18. The summed E-state index contributed by atoms with van der Waals surface area (Å²) in [6.07, 6.45) is 10.5. The predicted molar refractivity (Wildman–Crippen MR) is 105 cm³/mol. The summed E-state index contributed by atoms with van der Waals surface area (Å²) >= 11 is 0. The van der Waals surface area contributed by atoms with Gasteiger partial charge < -0.3 is 15.3 Å². The molecule has 1 aromatic carbocycles. The number of nitrogens with zero attached hydrogens (tertiary/aromatic N) is 1. The summed E-state index contributed by atoms with van der Waals surface area (Å²) in [7, 11) is 0. The van der Waals surface area contributed by atoms with Crippen LogP contribution in [0.1, 0.15) is 69.5 Å². The van der Waals surface area contributed by atoms with Crippen LogP contribution in [-0.2, 0) is 0 Å². The molecular formula is C22H34N2O2. The molecule has 2 fully saturated rings. The Morgan fingerprint density at radius 2 is 1.62 bits per heavy atom. The highest BCUT2D eigenvalue weighted by molar-refractivity contribution is 5.74. The van der Waals surface area contributed by atoms with E-state index in [0.717, 1.165) is 38.0 Å². The van der Waals surface area contributed by atoms with Gasteiger partial charge in [-0.2, -0.15) is 0 Å². The highest BCUT2D eigenvalue weighted by Gasteiger charge is 2.28. The van der Waals surface area contributed by atoms with E-state index < -0.39 is 6.10 Å². The molecule has 2 amide bonds. The van der Waals surface area contributed by atoms with Crippen LogP contribution in [0.4, 0.5) is 4.79 Å². The molecule has 1 saturated carbocycles. The van der Waals surface area contributed by atoms with E-state index >= 15 is 0 Å². The van der Waals surface area contributed by atoms with Crippen molar-refractivity contribution in [2.75, 3.05) is 19.6 Å². The Hall–Kier alpha value is -1.55. The number of urea groups is 1. The van der Waals surface area contributed by atoms with Gasteiger partial charge in [0.15, 0.2) is 0 Å². The first-order valence-electron chi connectivity index (χ1n) is 10.5. The number of aliphatic hydroxyl groups is 1. The highest BCUT2D eigenvalue weighted by Crippen LogP contribution is 2.30. The first-order valence-corrected chi connectivity index (χ1v) is 10.5. The number of carbonyl (C=O) groups excluding carboxylic acids is 1. The van der Waals surface area contributed by atoms with Crippen LogP contribution in [0, 0.1) is 11.8 Å². The van der Waals surface area contributed by atoms with Crippen LogP contribution in [-0.4, -0.2) is 35.7 Å². The average molecular weight is 359 g/mol. The topological polar surface area (TPSA) is 52.6 Å². The Morgan fingerprint density at radius 1 is 1.00 bits per heavy atom. The minimum Gasteiger partial charge on any atom is -0.388 e. The number of amides is 2. The van der Waals surface area contributed by atoms with Crippen LogP contribution in [0.2, 0.25) is 0 Å². The van der Waals surface area contributed by atoms with Gasteiger partial charge in [0.2, 0.25) is 0 Å². The van der Waals surface area contributed by atoms with E-state index in [1.807, 2.05) is 35.2 Å². The lowest BCUT2D eigenvalue weighted by Gasteiger charge is -2.34. The van der Waals surface area contributed by atoms with E-state index in [0.29, 0.717) is 5.92 Å². The van der Waals surface area contributed by atoms with Crippen LogP contribution in [0.25, 0.3) is 0 Å². The minimum atomic E-state index is -0.420. The van der Waals surface area contributed by atoms with E-state index in [-0.39, 0.29) is 11.9 Å². The van der Waals surface area contributed by atoms with Crippen molar-refractivity contribution < 1.29 is 9.90 Å². The predicted octanol–water partition coefficient (Wildman–Crippen LogP) is 4.50. The zero-order chi connectivity index (χ0) is 18.2. The van der Waals surface area contributed by atoms with E-state index in [4.69, 9.17) is 0 Å². The van der Waals surface area contributed by atoms with Crippen molar-refractivity contribution in [2.24, 2.45) is 11.8 Å². The summed E-state index contributed by atoms with van der Waals surface area (Å²) < 4.78 is 0. The first-order chi connectivity index (χ1) is 12.7. The molecule has 0 radical (unpaired) electrons. The van der Waals surface area contributed by atoms with Gasteiger partial charge in [-0.15, -0.1) is 0 Å². The maximum absolute atomic E-state index is 12.5. The van der Waals surface area contributed by atoms with Gasteiger partial charge in [0, 0.05) is 19.6 Å². The lowest BCUT2D eigenvalue weighted by atomic mass is 9.87. The van der Waals surface area contributed by atoms with Crippen molar-refractivity contribution in [3.8, 4) is 0 Å². The molecular weight excluding hydrogens is 324 g/mol. The van der Waals surface area contributed by atoms with Crippen LogP contribution in [0.3, 0.4) is 0 Å².